The maximum Gasteiger partial charge on any atom is 0.273 e. The number of fused-ring (bicyclic) bond motifs is 1. The first-order valence-electron chi connectivity index (χ1n) is 8.13. The molecule has 0 spiro atoms. The van der Waals surface area contributed by atoms with Crippen molar-refractivity contribution in [2.24, 2.45) is 0 Å². The molecule has 0 fully saturated rings. The van der Waals surface area contributed by atoms with Crippen molar-refractivity contribution >= 4 is 16.9 Å². The van der Waals surface area contributed by atoms with E-state index in [1.807, 2.05) is 61.5 Å². The summed E-state index contributed by atoms with van der Waals surface area (Å²) >= 11 is 0. The van der Waals surface area contributed by atoms with Gasteiger partial charge in [0.2, 0.25) is 0 Å². The molecule has 0 saturated carbocycles. The molecule has 4 rings (SSSR count). The zero-order valence-electron chi connectivity index (χ0n) is 13.8. The molecule has 0 saturated heterocycles. The maximum absolute atomic E-state index is 12.8. The van der Waals surface area contributed by atoms with E-state index in [2.05, 4.69) is 15.5 Å². The molecule has 1 amide bonds. The van der Waals surface area contributed by atoms with Crippen LogP contribution >= 0.6 is 0 Å². The number of benzene rings is 2. The average molecular weight is 331 g/mol. The van der Waals surface area contributed by atoms with E-state index in [0.29, 0.717) is 12.0 Å². The number of carbonyl (C=O) groups excluding carboxylic acids is 1. The van der Waals surface area contributed by atoms with Crippen LogP contribution in [0.25, 0.3) is 16.7 Å². The van der Waals surface area contributed by atoms with Crippen LogP contribution in [0.2, 0.25) is 0 Å². The molecule has 0 radical (unpaired) electrons. The SMILES string of the molecule is CCc1c(C(=O)Nn2cnc3ccccc32)cnn1-c1ccccc1. The lowest BCUT2D eigenvalue weighted by Crippen LogP contribution is -2.23. The molecular weight excluding hydrogens is 314 g/mol. The van der Waals surface area contributed by atoms with Gasteiger partial charge in [-0.2, -0.15) is 5.10 Å². The topological polar surface area (TPSA) is 64.7 Å². The van der Waals surface area contributed by atoms with E-state index in [1.54, 1.807) is 21.9 Å². The number of nitrogens with one attached hydrogen (secondary N) is 1. The fourth-order valence-corrected chi connectivity index (χ4v) is 2.91. The molecule has 25 heavy (non-hydrogen) atoms. The lowest BCUT2D eigenvalue weighted by Gasteiger charge is -2.09. The monoisotopic (exact) mass is 331 g/mol. The number of hydrogen-bond donors (Lipinski definition) is 1. The molecule has 1 N–H and O–H groups in total. The van der Waals surface area contributed by atoms with E-state index < -0.39 is 0 Å². The maximum atomic E-state index is 12.8. The van der Waals surface area contributed by atoms with E-state index in [1.165, 1.54) is 0 Å². The molecule has 6 nitrogen and oxygen atoms in total. The van der Waals surface area contributed by atoms with Crippen LogP contribution < -0.4 is 5.43 Å². The van der Waals surface area contributed by atoms with Crippen LogP contribution in [0.5, 0.6) is 0 Å². The van der Waals surface area contributed by atoms with Crippen molar-refractivity contribution < 1.29 is 4.79 Å². The van der Waals surface area contributed by atoms with Gasteiger partial charge >= 0.3 is 0 Å². The van der Waals surface area contributed by atoms with Crippen LogP contribution in [-0.2, 0) is 6.42 Å². The Morgan fingerprint density at radius 2 is 1.84 bits per heavy atom. The molecule has 6 heteroatoms. The highest BCUT2D eigenvalue weighted by Crippen LogP contribution is 2.17. The Kier molecular flexibility index (Phi) is 3.78. The van der Waals surface area contributed by atoms with Gasteiger partial charge in [0, 0.05) is 0 Å². The van der Waals surface area contributed by atoms with E-state index in [-0.39, 0.29) is 5.91 Å². The minimum absolute atomic E-state index is 0.206. The number of imidazole rings is 1. The van der Waals surface area contributed by atoms with Gasteiger partial charge in [0.1, 0.15) is 6.33 Å². The van der Waals surface area contributed by atoms with E-state index in [0.717, 1.165) is 22.4 Å². The summed E-state index contributed by atoms with van der Waals surface area (Å²) < 4.78 is 3.44. The van der Waals surface area contributed by atoms with Crippen molar-refractivity contribution in [3.05, 3.63) is 78.4 Å². The number of amides is 1. The predicted molar refractivity (Wildman–Crippen MR) is 96.4 cm³/mol. The summed E-state index contributed by atoms with van der Waals surface area (Å²) in [6.07, 6.45) is 3.92. The van der Waals surface area contributed by atoms with Gasteiger partial charge in [-0.05, 0) is 30.7 Å². The second-order valence-electron chi connectivity index (χ2n) is 5.65. The summed E-state index contributed by atoms with van der Waals surface area (Å²) in [4.78, 5) is 17.1. The normalized spacial score (nSPS) is 10.9. The highest BCUT2D eigenvalue weighted by molar-refractivity contribution is 6.01. The van der Waals surface area contributed by atoms with Crippen molar-refractivity contribution in [2.75, 3.05) is 5.43 Å². The number of para-hydroxylation sites is 3. The third-order valence-corrected chi connectivity index (χ3v) is 4.12. The second kappa shape index (κ2) is 6.24. The fraction of sp³-hybridized carbons (Fsp3) is 0.105. The Morgan fingerprint density at radius 3 is 2.64 bits per heavy atom. The Bertz CT molecular complexity index is 1030. The number of rotatable bonds is 4. The van der Waals surface area contributed by atoms with Crippen molar-refractivity contribution in [1.29, 1.82) is 0 Å². The fourth-order valence-electron chi connectivity index (χ4n) is 2.91. The highest BCUT2D eigenvalue weighted by atomic mass is 16.2. The Labute approximate surface area is 144 Å². The van der Waals surface area contributed by atoms with E-state index in [4.69, 9.17) is 0 Å². The van der Waals surface area contributed by atoms with Gasteiger partial charge in [0.25, 0.3) is 5.91 Å². The molecule has 0 aliphatic rings. The molecule has 2 heterocycles. The average Bonchev–Trinajstić information content (AvgIpc) is 3.27. The lowest BCUT2D eigenvalue weighted by atomic mass is 10.2. The quantitative estimate of drug-likeness (QED) is 0.625. The minimum atomic E-state index is -0.206. The number of hydrogen-bond acceptors (Lipinski definition) is 3. The predicted octanol–water partition coefficient (Wildman–Crippen LogP) is 3.17. The summed E-state index contributed by atoms with van der Waals surface area (Å²) in [5.74, 6) is -0.206. The largest absolute Gasteiger partial charge is 0.273 e. The first-order chi connectivity index (χ1) is 12.3. The Balaban J connectivity index is 1.68. The van der Waals surface area contributed by atoms with E-state index in [9.17, 15) is 4.79 Å². The second-order valence-corrected chi connectivity index (χ2v) is 5.65. The van der Waals surface area contributed by atoms with Crippen LogP contribution in [0.4, 0.5) is 0 Å². The summed E-state index contributed by atoms with van der Waals surface area (Å²) in [6, 6.07) is 17.4. The smallest absolute Gasteiger partial charge is 0.267 e. The van der Waals surface area contributed by atoms with Crippen LogP contribution in [0.3, 0.4) is 0 Å². The third-order valence-electron chi connectivity index (χ3n) is 4.12. The summed E-state index contributed by atoms with van der Waals surface area (Å²) in [5.41, 5.74) is 6.93. The molecular formula is C19H17N5O. The Hall–Kier alpha value is -3.41. The van der Waals surface area contributed by atoms with Gasteiger partial charge in [-0.3, -0.25) is 10.2 Å². The standard InChI is InChI=1S/C19H17N5O/c1-2-17-15(12-21-24(17)14-8-4-3-5-9-14)19(25)22-23-13-20-16-10-6-7-11-18(16)23/h3-13H,2H2,1H3,(H,22,25). The molecule has 124 valence electrons. The minimum Gasteiger partial charge on any atom is -0.267 e. The van der Waals surface area contributed by atoms with Gasteiger partial charge in [0.05, 0.1) is 34.2 Å². The third kappa shape index (κ3) is 2.67. The molecule has 2 aromatic heterocycles. The van der Waals surface area contributed by atoms with Gasteiger partial charge in [-0.25, -0.2) is 14.3 Å². The van der Waals surface area contributed by atoms with Gasteiger partial charge in [0.15, 0.2) is 0 Å². The number of aromatic nitrogens is 4. The molecule has 0 aliphatic carbocycles. The van der Waals surface area contributed by atoms with Crippen LogP contribution in [0, 0.1) is 0 Å². The highest BCUT2D eigenvalue weighted by Gasteiger charge is 2.18. The Morgan fingerprint density at radius 1 is 1.08 bits per heavy atom. The van der Waals surface area contributed by atoms with Crippen LogP contribution in [0.1, 0.15) is 23.0 Å². The molecule has 0 aliphatic heterocycles. The lowest BCUT2D eigenvalue weighted by molar-refractivity contribution is 0.101. The van der Waals surface area contributed by atoms with Crippen molar-refractivity contribution in [3.63, 3.8) is 0 Å². The molecule has 2 aromatic carbocycles. The summed E-state index contributed by atoms with van der Waals surface area (Å²) in [6.45, 7) is 2.01. The number of nitrogens with zero attached hydrogens (tertiary/aromatic N) is 4. The number of carbonyl (C=O) groups is 1. The molecule has 0 atom stereocenters. The summed E-state index contributed by atoms with van der Waals surface area (Å²) in [5, 5.41) is 4.40. The van der Waals surface area contributed by atoms with Gasteiger partial charge < -0.3 is 0 Å². The summed E-state index contributed by atoms with van der Waals surface area (Å²) in [7, 11) is 0. The molecule has 0 bridgehead atoms. The molecule has 0 unspecified atom stereocenters. The van der Waals surface area contributed by atoms with Crippen molar-refractivity contribution in [2.45, 2.75) is 13.3 Å². The van der Waals surface area contributed by atoms with Crippen molar-refractivity contribution in [3.8, 4) is 5.69 Å². The molecule has 4 aromatic rings. The van der Waals surface area contributed by atoms with Crippen molar-refractivity contribution in [1.82, 2.24) is 19.4 Å². The van der Waals surface area contributed by atoms with Gasteiger partial charge in [-0.1, -0.05) is 37.3 Å². The van der Waals surface area contributed by atoms with Crippen LogP contribution in [-0.4, -0.2) is 25.3 Å². The van der Waals surface area contributed by atoms with E-state index >= 15 is 0 Å². The zero-order chi connectivity index (χ0) is 17.2. The first-order valence-corrected chi connectivity index (χ1v) is 8.13. The first kappa shape index (κ1) is 15.1. The van der Waals surface area contributed by atoms with Crippen LogP contribution in [0.15, 0.2) is 67.1 Å². The zero-order valence-corrected chi connectivity index (χ0v) is 13.8. The van der Waals surface area contributed by atoms with Gasteiger partial charge in [-0.15, -0.1) is 0 Å².